The van der Waals surface area contributed by atoms with Crippen LogP contribution in [0.15, 0.2) is 16.6 Å². The van der Waals surface area contributed by atoms with Crippen LogP contribution in [0.2, 0.25) is 0 Å². The van der Waals surface area contributed by atoms with Crippen LogP contribution in [-0.4, -0.2) is 18.2 Å². The van der Waals surface area contributed by atoms with Crippen LogP contribution in [-0.2, 0) is 4.79 Å². The van der Waals surface area contributed by atoms with Crippen molar-refractivity contribution in [3.8, 4) is 0 Å². The number of anilines is 1. The van der Waals surface area contributed by atoms with Crippen molar-refractivity contribution in [2.45, 2.75) is 20.3 Å². The second kappa shape index (κ2) is 4.80. The van der Waals surface area contributed by atoms with E-state index < -0.39 is 17.5 Å². The van der Waals surface area contributed by atoms with Gasteiger partial charge in [-0.1, -0.05) is 13.8 Å². The number of amides is 1. The minimum Gasteiger partial charge on any atom is -0.304 e. The molecule has 1 aliphatic heterocycles. The minimum atomic E-state index is -0.631. The van der Waals surface area contributed by atoms with Crippen LogP contribution in [0.25, 0.3) is 0 Å². The summed E-state index contributed by atoms with van der Waals surface area (Å²) in [5.74, 6) is -1.30. The molecule has 0 spiro atoms. The first kappa shape index (κ1) is 13.2. The number of carbonyl (C=O) groups is 2. The van der Waals surface area contributed by atoms with E-state index in [-0.39, 0.29) is 5.56 Å². The number of fused-ring (bicyclic) bond motifs is 1. The number of nitrogens with zero attached hydrogens (tertiary/aromatic N) is 1. The third-order valence-corrected chi connectivity index (χ3v) is 3.52. The maximum atomic E-state index is 13.3. The van der Waals surface area contributed by atoms with E-state index >= 15 is 0 Å². The molecule has 5 heteroatoms. The summed E-state index contributed by atoms with van der Waals surface area (Å²) in [5, 5.41) is 0. The molecule has 0 saturated carbocycles. The average molecular weight is 314 g/mol. The lowest BCUT2D eigenvalue weighted by Crippen LogP contribution is -2.31. The summed E-state index contributed by atoms with van der Waals surface area (Å²) in [5.41, 5.74) is 0.641. The summed E-state index contributed by atoms with van der Waals surface area (Å²) >= 11 is 3.21. The number of hydrogen-bond acceptors (Lipinski definition) is 2. The lowest BCUT2D eigenvalue weighted by molar-refractivity contribution is -0.114. The first-order valence-corrected chi connectivity index (χ1v) is 6.56. The second-order valence-corrected chi connectivity index (χ2v) is 5.61. The molecule has 18 heavy (non-hydrogen) atoms. The molecular weight excluding hydrogens is 301 g/mol. The van der Waals surface area contributed by atoms with Gasteiger partial charge in [-0.25, -0.2) is 4.39 Å². The van der Waals surface area contributed by atoms with E-state index in [0.29, 0.717) is 22.6 Å². The van der Waals surface area contributed by atoms with Crippen LogP contribution < -0.4 is 4.90 Å². The predicted molar refractivity (Wildman–Crippen MR) is 70.2 cm³/mol. The summed E-state index contributed by atoms with van der Waals surface area (Å²) in [7, 11) is 0. The maximum absolute atomic E-state index is 13.3. The Hall–Kier alpha value is -1.23. The van der Waals surface area contributed by atoms with Crippen molar-refractivity contribution >= 4 is 33.3 Å². The van der Waals surface area contributed by atoms with E-state index in [2.05, 4.69) is 15.9 Å². The van der Waals surface area contributed by atoms with Gasteiger partial charge in [0.2, 0.25) is 0 Å². The van der Waals surface area contributed by atoms with Gasteiger partial charge in [-0.3, -0.25) is 9.59 Å². The van der Waals surface area contributed by atoms with Gasteiger partial charge in [-0.05, 0) is 40.4 Å². The van der Waals surface area contributed by atoms with Crippen LogP contribution in [0.1, 0.15) is 30.6 Å². The molecule has 0 saturated heterocycles. The fourth-order valence-electron chi connectivity index (χ4n) is 1.95. The third-order valence-electron chi connectivity index (χ3n) is 2.91. The Bertz CT molecular complexity index is 528. The number of halogens is 2. The Labute approximate surface area is 113 Å². The Kier molecular flexibility index (Phi) is 3.52. The highest BCUT2D eigenvalue weighted by Gasteiger charge is 2.37. The number of rotatable bonds is 3. The predicted octanol–water partition coefficient (Wildman–Crippen LogP) is 3.16. The summed E-state index contributed by atoms with van der Waals surface area (Å²) in [4.78, 5) is 25.1. The Morgan fingerprint density at radius 3 is 2.61 bits per heavy atom. The molecule has 0 atom stereocenters. The maximum Gasteiger partial charge on any atom is 0.299 e. The van der Waals surface area contributed by atoms with Crippen LogP contribution in [0.4, 0.5) is 10.1 Å². The summed E-state index contributed by atoms with van der Waals surface area (Å²) in [6, 6.07) is 2.39. The standard InChI is InChI=1S/C13H13BrFNO2/c1-7(2)3-4-16-11-9(12(17)13(16)18)5-8(15)6-10(11)14/h5-7H,3-4H2,1-2H3. The van der Waals surface area contributed by atoms with E-state index in [1.807, 2.05) is 13.8 Å². The molecule has 1 heterocycles. The van der Waals surface area contributed by atoms with Crippen molar-refractivity contribution in [2.24, 2.45) is 5.92 Å². The van der Waals surface area contributed by atoms with Crippen LogP contribution in [0.3, 0.4) is 0 Å². The normalized spacial score (nSPS) is 14.6. The van der Waals surface area contributed by atoms with E-state index in [9.17, 15) is 14.0 Å². The number of hydrogen-bond donors (Lipinski definition) is 0. The average Bonchev–Trinajstić information content (AvgIpc) is 2.51. The number of benzene rings is 1. The van der Waals surface area contributed by atoms with Gasteiger partial charge in [0.05, 0.1) is 11.3 Å². The third kappa shape index (κ3) is 2.19. The van der Waals surface area contributed by atoms with Crippen molar-refractivity contribution in [1.29, 1.82) is 0 Å². The molecule has 3 nitrogen and oxygen atoms in total. The Morgan fingerprint density at radius 1 is 1.33 bits per heavy atom. The summed E-state index contributed by atoms with van der Waals surface area (Å²) < 4.78 is 13.7. The van der Waals surface area contributed by atoms with Crippen molar-refractivity contribution in [2.75, 3.05) is 11.4 Å². The smallest absolute Gasteiger partial charge is 0.299 e. The number of Topliss-reactive ketones (excluding diaryl/α,β-unsaturated/α-hetero) is 1. The van der Waals surface area contributed by atoms with Gasteiger partial charge in [0.1, 0.15) is 5.82 Å². The highest BCUT2D eigenvalue weighted by atomic mass is 79.9. The van der Waals surface area contributed by atoms with Gasteiger partial charge in [0, 0.05) is 11.0 Å². The van der Waals surface area contributed by atoms with E-state index in [1.54, 1.807) is 0 Å². The molecule has 0 unspecified atom stereocenters. The Balaban J connectivity index is 2.42. The Morgan fingerprint density at radius 2 is 2.00 bits per heavy atom. The second-order valence-electron chi connectivity index (χ2n) is 4.75. The molecule has 0 N–H and O–H groups in total. The zero-order valence-corrected chi connectivity index (χ0v) is 11.8. The van der Waals surface area contributed by atoms with E-state index in [1.165, 1.54) is 11.0 Å². The van der Waals surface area contributed by atoms with Crippen LogP contribution in [0.5, 0.6) is 0 Å². The molecule has 1 aromatic rings. The van der Waals surface area contributed by atoms with Gasteiger partial charge in [0.15, 0.2) is 0 Å². The SMILES string of the molecule is CC(C)CCN1C(=O)C(=O)c2cc(F)cc(Br)c21. The minimum absolute atomic E-state index is 0.149. The topological polar surface area (TPSA) is 37.4 Å². The fourth-order valence-corrected chi connectivity index (χ4v) is 2.60. The molecule has 1 amide bonds. The molecule has 1 aromatic carbocycles. The molecule has 96 valence electrons. The van der Waals surface area contributed by atoms with Gasteiger partial charge in [-0.15, -0.1) is 0 Å². The monoisotopic (exact) mass is 313 g/mol. The molecule has 0 aliphatic carbocycles. The van der Waals surface area contributed by atoms with Crippen molar-refractivity contribution in [1.82, 2.24) is 0 Å². The molecular formula is C13H13BrFNO2. The highest BCUT2D eigenvalue weighted by Crippen LogP contribution is 2.37. The van der Waals surface area contributed by atoms with Crippen molar-refractivity contribution in [3.05, 3.63) is 28.0 Å². The number of carbonyl (C=O) groups excluding carboxylic acids is 2. The zero-order chi connectivity index (χ0) is 13.4. The van der Waals surface area contributed by atoms with Crippen LogP contribution >= 0.6 is 15.9 Å². The van der Waals surface area contributed by atoms with Crippen LogP contribution in [0, 0.1) is 11.7 Å². The first-order chi connectivity index (χ1) is 8.41. The van der Waals surface area contributed by atoms with Gasteiger partial charge >= 0.3 is 0 Å². The zero-order valence-electron chi connectivity index (χ0n) is 10.2. The molecule has 0 bridgehead atoms. The number of ketones is 1. The molecule has 0 fully saturated rings. The van der Waals surface area contributed by atoms with Gasteiger partial charge < -0.3 is 4.90 Å². The van der Waals surface area contributed by atoms with Crippen molar-refractivity contribution < 1.29 is 14.0 Å². The summed E-state index contributed by atoms with van der Waals surface area (Å²) in [6.45, 7) is 4.56. The largest absolute Gasteiger partial charge is 0.304 e. The van der Waals surface area contributed by atoms with E-state index in [0.717, 1.165) is 12.5 Å². The molecule has 2 rings (SSSR count). The molecule has 0 aromatic heterocycles. The lowest BCUT2D eigenvalue weighted by atomic mass is 10.1. The quantitative estimate of drug-likeness (QED) is 0.804. The molecule has 0 radical (unpaired) electrons. The van der Waals surface area contributed by atoms with Gasteiger partial charge in [-0.2, -0.15) is 0 Å². The van der Waals surface area contributed by atoms with E-state index in [4.69, 9.17) is 0 Å². The summed E-state index contributed by atoms with van der Waals surface area (Å²) in [6.07, 6.45) is 0.794. The fraction of sp³-hybridized carbons (Fsp3) is 0.385. The van der Waals surface area contributed by atoms with Gasteiger partial charge in [0.25, 0.3) is 11.7 Å². The first-order valence-electron chi connectivity index (χ1n) is 5.77. The highest BCUT2D eigenvalue weighted by molar-refractivity contribution is 9.10. The van der Waals surface area contributed by atoms with Crippen molar-refractivity contribution in [3.63, 3.8) is 0 Å². The molecule has 1 aliphatic rings. The lowest BCUT2D eigenvalue weighted by Gasteiger charge is -2.18.